The van der Waals surface area contributed by atoms with E-state index in [0.29, 0.717) is 63.3 Å². The molecule has 56 heavy (non-hydrogen) atoms. The van der Waals surface area contributed by atoms with Gasteiger partial charge in [-0.2, -0.15) is 35.2 Å². The fourth-order valence-electron chi connectivity index (χ4n) is 11.7. The highest BCUT2D eigenvalue weighted by atomic mass is 16.5. The summed E-state index contributed by atoms with van der Waals surface area (Å²) in [5.74, 6) is 0.908. The molecule has 0 aliphatic carbocycles. The maximum absolute atomic E-state index is 11.4. The van der Waals surface area contributed by atoms with E-state index in [0.717, 1.165) is 0 Å². The van der Waals surface area contributed by atoms with E-state index in [1.165, 1.54) is 20.3 Å². The first-order chi connectivity index (χ1) is 25.3. The number of nitrogens with zero attached hydrogens (tertiary/aromatic N) is 9. The van der Waals surface area contributed by atoms with E-state index < -0.39 is 44.3 Å². The Morgan fingerprint density at radius 1 is 0.446 bits per heavy atom. The monoisotopic (exact) mass is 792 g/mol. The summed E-state index contributed by atoms with van der Waals surface area (Å²) < 4.78 is 6.12. The highest BCUT2D eigenvalue weighted by Gasteiger charge is 2.55. The zero-order chi connectivity index (χ0) is 42.4. The molecule has 15 nitrogen and oxygen atoms in total. The van der Waals surface area contributed by atoms with Crippen LogP contribution in [-0.4, -0.2) is 143 Å². The molecular formula is C41H77N9O6. The van der Waals surface area contributed by atoms with Crippen LogP contribution in [-0.2, 0) is 0 Å². The van der Waals surface area contributed by atoms with Gasteiger partial charge in [0.2, 0.25) is 11.9 Å². The lowest BCUT2D eigenvalue weighted by Crippen LogP contribution is -2.68. The van der Waals surface area contributed by atoms with E-state index in [1.807, 2.05) is 0 Å². The van der Waals surface area contributed by atoms with E-state index in [2.05, 4.69) is 121 Å². The molecule has 5 heterocycles. The summed E-state index contributed by atoms with van der Waals surface area (Å²) in [6, 6.07) is -0.311. The minimum atomic E-state index is -0.573. The molecular weight excluding hydrogens is 715 g/mol. The Morgan fingerprint density at radius 2 is 0.661 bits per heavy atom. The Hall–Kier alpha value is -1.95. The summed E-state index contributed by atoms with van der Waals surface area (Å²) in [4.78, 5) is 20.3. The molecule has 4 aliphatic heterocycles. The maximum Gasteiger partial charge on any atom is 0.323 e. The van der Waals surface area contributed by atoms with Gasteiger partial charge in [0, 0.05) is 68.5 Å². The zero-order valence-electron chi connectivity index (χ0n) is 37.5. The van der Waals surface area contributed by atoms with Crippen LogP contribution in [0.25, 0.3) is 0 Å². The number of aromatic nitrogens is 3. The SMILES string of the molecule is CC1(C)CC(N(c2nc(OCCO)nc(N(C3CC(C)(C)N(O)C(C)(C)C3)C3CC(C)(C)N(O)C(C)(C)C3)n2)C2CC(C)(C)N(O)C(C)(C)C2)CC(C)(C)N1O. The summed E-state index contributed by atoms with van der Waals surface area (Å²) >= 11 is 0. The third-order valence-corrected chi connectivity index (χ3v) is 13.4. The van der Waals surface area contributed by atoms with Gasteiger partial charge in [-0.05, 0) is 162 Å². The van der Waals surface area contributed by atoms with Crippen molar-refractivity contribution in [1.29, 1.82) is 0 Å². The van der Waals surface area contributed by atoms with E-state index in [-0.39, 0.29) is 43.4 Å². The molecule has 1 aromatic rings. The number of rotatable bonds is 9. The average molecular weight is 792 g/mol. The Morgan fingerprint density at radius 3 is 0.857 bits per heavy atom. The molecule has 0 amide bonds. The van der Waals surface area contributed by atoms with Gasteiger partial charge in [0.25, 0.3) is 0 Å². The van der Waals surface area contributed by atoms with Gasteiger partial charge in [-0.25, -0.2) is 0 Å². The lowest BCUT2D eigenvalue weighted by molar-refractivity contribution is -0.251. The number of aliphatic hydroxyl groups excluding tert-OH is 1. The summed E-state index contributed by atoms with van der Waals surface area (Å²) in [7, 11) is 0. The van der Waals surface area contributed by atoms with Crippen LogP contribution in [0.1, 0.15) is 162 Å². The van der Waals surface area contributed by atoms with E-state index in [1.54, 1.807) is 0 Å². The van der Waals surface area contributed by atoms with Gasteiger partial charge in [-0.1, -0.05) is 0 Å². The third kappa shape index (κ3) is 8.54. The van der Waals surface area contributed by atoms with Crippen LogP contribution in [0.2, 0.25) is 0 Å². The average Bonchev–Trinajstić information content (AvgIpc) is 3.02. The van der Waals surface area contributed by atoms with Crippen molar-refractivity contribution in [2.45, 2.75) is 231 Å². The van der Waals surface area contributed by atoms with Crippen molar-refractivity contribution < 1.29 is 30.7 Å². The number of aliphatic hydroxyl groups is 1. The minimum absolute atomic E-state index is 0.000740. The van der Waals surface area contributed by atoms with Crippen LogP contribution in [0.15, 0.2) is 0 Å². The quantitative estimate of drug-likeness (QED) is 0.184. The molecule has 0 unspecified atom stereocenters. The first kappa shape index (κ1) is 45.1. The Balaban J connectivity index is 1.77. The summed E-state index contributed by atoms with van der Waals surface area (Å²) in [6.07, 6.45) is 4.99. The van der Waals surface area contributed by atoms with E-state index in [4.69, 9.17) is 19.7 Å². The number of piperidine rings is 4. The number of hydrogen-bond donors (Lipinski definition) is 5. The number of hydrogen-bond acceptors (Lipinski definition) is 15. The minimum Gasteiger partial charge on any atom is -0.461 e. The highest BCUT2D eigenvalue weighted by molar-refractivity contribution is 5.46. The Bertz CT molecular complexity index is 1300. The lowest BCUT2D eigenvalue weighted by atomic mass is 9.74. The van der Waals surface area contributed by atoms with Gasteiger partial charge in [-0.15, -0.1) is 0 Å². The number of ether oxygens (including phenoxy) is 1. The van der Waals surface area contributed by atoms with Crippen LogP contribution < -0.4 is 14.5 Å². The van der Waals surface area contributed by atoms with Crippen LogP contribution in [0.4, 0.5) is 11.9 Å². The molecule has 1 aromatic heterocycles. The second-order valence-corrected chi connectivity index (χ2v) is 22.6. The molecule has 322 valence electrons. The second kappa shape index (κ2) is 14.6. The fourth-order valence-corrected chi connectivity index (χ4v) is 11.7. The van der Waals surface area contributed by atoms with E-state index in [9.17, 15) is 25.9 Å². The highest BCUT2D eigenvalue weighted by Crippen LogP contribution is 2.48. The molecule has 0 radical (unpaired) electrons. The molecule has 4 fully saturated rings. The van der Waals surface area contributed by atoms with Crippen molar-refractivity contribution in [3.05, 3.63) is 0 Å². The Kier molecular flexibility index (Phi) is 11.8. The summed E-state index contributed by atoms with van der Waals surface area (Å²) in [6.45, 7) is 32.8. The van der Waals surface area contributed by atoms with Gasteiger partial charge >= 0.3 is 6.01 Å². The lowest BCUT2D eigenvalue weighted by Gasteiger charge is -2.58. The zero-order valence-corrected chi connectivity index (χ0v) is 37.5. The predicted octanol–water partition coefficient (Wildman–Crippen LogP) is 6.50. The normalized spacial score (nSPS) is 28.6. The first-order valence-electron chi connectivity index (χ1n) is 20.8. The number of hydroxylamine groups is 8. The van der Waals surface area contributed by atoms with Gasteiger partial charge in [0.15, 0.2) is 0 Å². The predicted molar refractivity (Wildman–Crippen MR) is 217 cm³/mol. The van der Waals surface area contributed by atoms with E-state index >= 15 is 0 Å². The molecule has 4 aliphatic rings. The molecule has 4 saturated heterocycles. The maximum atomic E-state index is 11.4. The fraction of sp³-hybridized carbons (Fsp3) is 0.927. The molecule has 15 heteroatoms. The van der Waals surface area contributed by atoms with Crippen LogP contribution >= 0.6 is 0 Å². The van der Waals surface area contributed by atoms with Crippen LogP contribution in [0, 0.1) is 0 Å². The van der Waals surface area contributed by atoms with Crippen molar-refractivity contribution in [2.24, 2.45) is 0 Å². The topological polar surface area (TPSA) is 168 Å². The van der Waals surface area contributed by atoms with Crippen molar-refractivity contribution in [1.82, 2.24) is 35.2 Å². The van der Waals surface area contributed by atoms with Crippen molar-refractivity contribution in [2.75, 3.05) is 23.0 Å². The molecule has 0 atom stereocenters. The molecule has 0 saturated carbocycles. The molecule has 5 rings (SSSR count). The molecule has 5 N–H and O–H groups in total. The largest absolute Gasteiger partial charge is 0.461 e. The smallest absolute Gasteiger partial charge is 0.323 e. The van der Waals surface area contributed by atoms with Crippen LogP contribution in [0.5, 0.6) is 6.01 Å². The van der Waals surface area contributed by atoms with Crippen molar-refractivity contribution in [3.8, 4) is 6.01 Å². The van der Waals surface area contributed by atoms with Crippen molar-refractivity contribution in [3.63, 3.8) is 0 Å². The molecule has 0 spiro atoms. The molecule has 0 bridgehead atoms. The summed E-state index contributed by atoms with van der Waals surface area (Å²) in [5.41, 5.74) is -4.58. The van der Waals surface area contributed by atoms with Gasteiger partial charge in [0.05, 0.1) is 6.61 Å². The van der Waals surface area contributed by atoms with Gasteiger partial charge < -0.3 is 40.5 Å². The van der Waals surface area contributed by atoms with Crippen LogP contribution in [0.3, 0.4) is 0 Å². The van der Waals surface area contributed by atoms with Crippen molar-refractivity contribution >= 4 is 11.9 Å². The standard InChI is InChI=1S/C41H77N9O6/c1-34(2)19-27(20-35(3,4)47(34)52)45(28-21-36(5,6)48(53)37(7,8)22-28)31-42-32(44-33(43-31)56-18-17-51)46(29-23-38(9,10)49(54)39(11,12)24-29)30-25-40(13,14)50(55)41(15,16)26-30/h27-30,51-55H,17-26H2,1-16H3. The Labute approximate surface area is 336 Å². The number of anilines is 2. The van der Waals surface area contributed by atoms with Gasteiger partial charge in [0.1, 0.15) is 6.61 Å². The molecule has 0 aromatic carbocycles. The second-order valence-electron chi connectivity index (χ2n) is 22.6. The summed E-state index contributed by atoms with van der Waals surface area (Å²) in [5, 5.41) is 61.6. The third-order valence-electron chi connectivity index (χ3n) is 13.4. The van der Waals surface area contributed by atoms with Gasteiger partial charge in [-0.3, -0.25) is 0 Å². The first-order valence-corrected chi connectivity index (χ1v) is 20.8.